The Morgan fingerprint density at radius 2 is 2.14 bits per heavy atom. The van der Waals surface area contributed by atoms with Gasteiger partial charge in [-0.05, 0) is 33.1 Å². The van der Waals surface area contributed by atoms with Gasteiger partial charge < -0.3 is 14.2 Å². The Kier molecular flexibility index (Phi) is 3.07. The third kappa shape index (κ3) is 2.57. The Labute approximate surface area is 127 Å². The highest BCUT2D eigenvalue weighted by molar-refractivity contribution is 5.69. The normalized spacial score (nSPS) is 27.7. The van der Waals surface area contributed by atoms with Crippen LogP contribution in [0.4, 0.5) is 13.6 Å². The zero-order chi connectivity index (χ0) is 16.3. The lowest BCUT2D eigenvalue weighted by molar-refractivity contribution is -0.0105. The van der Waals surface area contributed by atoms with Crippen LogP contribution < -0.4 is 0 Å². The van der Waals surface area contributed by atoms with Crippen LogP contribution in [-0.4, -0.2) is 34.8 Å². The van der Waals surface area contributed by atoms with Crippen molar-refractivity contribution in [1.82, 2.24) is 10.1 Å². The number of hydrogen-bond acceptors (Lipinski definition) is 4. The lowest BCUT2D eigenvalue weighted by Crippen LogP contribution is -2.37. The minimum atomic E-state index is -3.05. The van der Waals surface area contributed by atoms with Crippen LogP contribution in [0.2, 0.25) is 0 Å². The van der Waals surface area contributed by atoms with Crippen molar-refractivity contribution < 1.29 is 22.8 Å². The number of fused-ring (bicyclic) bond motifs is 1. The molecule has 7 heteroatoms. The molecule has 2 aliphatic rings. The van der Waals surface area contributed by atoms with Gasteiger partial charge in [0.15, 0.2) is 0 Å². The van der Waals surface area contributed by atoms with E-state index in [1.165, 1.54) is 6.07 Å². The molecule has 1 aromatic rings. The number of ether oxygens (including phenoxy) is 1. The van der Waals surface area contributed by atoms with Gasteiger partial charge >= 0.3 is 12.0 Å². The molecule has 1 saturated heterocycles. The van der Waals surface area contributed by atoms with Crippen molar-refractivity contribution in [2.45, 2.75) is 51.1 Å². The fourth-order valence-corrected chi connectivity index (χ4v) is 3.06. The van der Waals surface area contributed by atoms with Crippen molar-refractivity contribution in [2.75, 3.05) is 13.1 Å². The van der Waals surface area contributed by atoms with Crippen molar-refractivity contribution in [3.63, 3.8) is 0 Å². The summed E-state index contributed by atoms with van der Waals surface area (Å²) in [6.45, 7) is 7.22. The number of nitrogens with zero attached hydrogens (tertiary/aromatic N) is 2. The zero-order valence-electron chi connectivity index (χ0n) is 13.2. The summed E-state index contributed by atoms with van der Waals surface area (Å²) in [7, 11) is 0. The van der Waals surface area contributed by atoms with Crippen LogP contribution in [0.3, 0.4) is 0 Å². The summed E-state index contributed by atoms with van der Waals surface area (Å²) in [5.41, 5.74) is -0.383. The number of alkyl halides is 2. The fourth-order valence-electron chi connectivity index (χ4n) is 3.06. The number of likely N-dealkylation sites (tertiary alicyclic amines) is 1. The van der Waals surface area contributed by atoms with Crippen LogP contribution in [0.25, 0.3) is 0 Å². The summed E-state index contributed by atoms with van der Waals surface area (Å²) in [5, 5.41) is 3.81. The van der Waals surface area contributed by atoms with Crippen LogP contribution in [-0.2, 0) is 16.1 Å². The van der Waals surface area contributed by atoms with Crippen LogP contribution in [0.15, 0.2) is 10.6 Å². The second-order valence-corrected chi connectivity index (χ2v) is 7.38. The van der Waals surface area contributed by atoms with E-state index in [-0.39, 0.29) is 17.4 Å². The predicted octanol–water partition coefficient (Wildman–Crippen LogP) is 3.29. The first-order chi connectivity index (χ1) is 10.0. The van der Waals surface area contributed by atoms with Crippen LogP contribution in [0, 0.1) is 5.92 Å². The third-order valence-electron chi connectivity index (χ3n) is 4.25. The average Bonchev–Trinajstić information content (AvgIpc) is 2.79. The number of amides is 1. The molecule has 1 saturated carbocycles. The van der Waals surface area contributed by atoms with E-state index >= 15 is 0 Å². The second kappa shape index (κ2) is 4.43. The molecule has 1 aromatic heterocycles. The maximum absolute atomic E-state index is 13.3. The number of carbonyl (C=O) groups excluding carboxylic acids is 1. The average molecular weight is 314 g/mol. The standard InChI is InChI=1S/C15H20F2N2O3/c1-13(2,3)21-12(20)19-7-9-6-15(9,8-19)10-5-11(22-18-10)14(4,16)17/h5,9H,6-8H2,1-4H3. The van der Waals surface area contributed by atoms with Gasteiger partial charge in [-0.2, -0.15) is 8.78 Å². The highest BCUT2D eigenvalue weighted by atomic mass is 19.3. The first-order valence-electron chi connectivity index (χ1n) is 7.35. The van der Waals surface area contributed by atoms with Crippen molar-refractivity contribution in [3.05, 3.63) is 17.5 Å². The maximum atomic E-state index is 13.3. The minimum Gasteiger partial charge on any atom is -0.444 e. The predicted molar refractivity (Wildman–Crippen MR) is 73.7 cm³/mol. The quantitative estimate of drug-likeness (QED) is 0.840. The number of piperidine rings is 1. The van der Waals surface area contributed by atoms with Gasteiger partial charge in [-0.1, -0.05) is 5.16 Å². The molecule has 1 aliphatic carbocycles. The van der Waals surface area contributed by atoms with E-state index in [0.717, 1.165) is 13.3 Å². The largest absolute Gasteiger partial charge is 0.444 e. The van der Waals surface area contributed by atoms with Crippen LogP contribution in [0.1, 0.15) is 45.6 Å². The Bertz CT molecular complexity index is 603. The van der Waals surface area contributed by atoms with Gasteiger partial charge in [-0.25, -0.2) is 4.79 Å². The number of rotatable bonds is 2. The fraction of sp³-hybridized carbons (Fsp3) is 0.733. The Hall–Kier alpha value is -1.66. The zero-order valence-corrected chi connectivity index (χ0v) is 13.2. The molecule has 1 amide bonds. The molecule has 0 aromatic carbocycles. The second-order valence-electron chi connectivity index (χ2n) is 7.38. The number of halogens is 2. The monoisotopic (exact) mass is 314 g/mol. The van der Waals surface area contributed by atoms with E-state index in [9.17, 15) is 13.6 Å². The molecule has 2 unspecified atom stereocenters. The molecular formula is C15H20F2N2O3. The highest BCUT2D eigenvalue weighted by Gasteiger charge is 2.64. The molecule has 0 spiro atoms. The first-order valence-corrected chi connectivity index (χ1v) is 7.35. The molecular weight excluding hydrogens is 294 g/mol. The van der Waals surface area contributed by atoms with Crippen molar-refractivity contribution in [1.29, 1.82) is 0 Å². The van der Waals surface area contributed by atoms with E-state index in [2.05, 4.69) is 5.16 Å². The summed E-state index contributed by atoms with van der Waals surface area (Å²) >= 11 is 0. The third-order valence-corrected chi connectivity index (χ3v) is 4.25. The van der Waals surface area contributed by atoms with Gasteiger partial charge in [-0.15, -0.1) is 0 Å². The summed E-state index contributed by atoms with van der Waals surface area (Å²) in [6, 6.07) is 1.32. The van der Waals surface area contributed by atoms with E-state index < -0.39 is 17.3 Å². The number of aromatic nitrogens is 1. The topological polar surface area (TPSA) is 55.6 Å². The maximum Gasteiger partial charge on any atom is 0.410 e. The van der Waals surface area contributed by atoms with Crippen LogP contribution >= 0.6 is 0 Å². The number of hydrogen-bond donors (Lipinski definition) is 0. The smallest absolute Gasteiger partial charge is 0.410 e. The van der Waals surface area contributed by atoms with E-state index in [0.29, 0.717) is 18.8 Å². The molecule has 0 bridgehead atoms. The van der Waals surface area contributed by atoms with Gasteiger partial charge in [-0.3, -0.25) is 0 Å². The van der Waals surface area contributed by atoms with Gasteiger partial charge in [0, 0.05) is 31.5 Å². The molecule has 3 rings (SSSR count). The molecule has 22 heavy (non-hydrogen) atoms. The molecule has 2 heterocycles. The van der Waals surface area contributed by atoms with Gasteiger partial charge in [0.1, 0.15) is 5.60 Å². The number of carbonyl (C=O) groups is 1. The Morgan fingerprint density at radius 1 is 1.45 bits per heavy atom. The highest BCUT2D eigenvalue weighted by Crippen LogP contribution is 2.59. The molecule has 5 nitrogen and oxygen atoms in total. The van der Waals surface area contributed by atoms with Crippen LogP contribution in [0.5, 0.6) is 0 Å². The van der Waals surface area contributed by atoms with Gasteiger partial charge in [0.05, 0.1) is 5.69 Å². The van der Waals surface area contributed by atoms with E-state index in [1.807, 2.05) is 20.8 Å². The molecule has 1 aliphatic heterocycles. The summed E-state index contributed by atoms with van der Waals surface area (Å²) in [4.78, 5) is 13.7. The molecule has 0 radical (unpaired) electrons. The molecule has 2 atom stereocenters. The molecule has 0 N–H and O–H groups in total. The summed E-state index contributed by atoms with van der Waals surface area (Å²) in [5.74, 6) is -3.24. The Balaban J connectivity index is 1.72. The first kappa shape index (κ1) is 15.2. The summed E-state index contributed by atoms with van der Waals surface area (Å²) in [6.07, 6.45) is 0.469. The summed E-state index contributed by atoms with van der Waals surface area (Å²) < 4.78 is 36.7. The van der Waals surface area contributed by atoms with E-state index in [4.69, 9.17) is 9.26 Å². The van der Waals surface area contributed by atoms with Gasteiger partial charge in [0.25, 0.3) is 0 Å². The van der Waals surface area contributed by atoms with Gasteiger partial charge in [0.2, 0.25) is 5.76 Å². The SMILES string of the molecule is CC(C)(C)OC(=O)N1CC2CC2(c2cc(C(C)(F)F)on2)C1. The Morgan fingerprint density at radius 3 is 2.68 bits per heavy atom. The minimum absolute atomic E-state index is 0.239. The van der Waals surface area contributed by atoms with Crippen molar-refractivity contribution in [2.24, 2.45) is 5.92 Å². The lowest BCUT2D eigenvalue weighted by Gasteiger charge is -2.26. The molecule has 2 fully saturated rings. The van der Waals surface area contributed by atoms with Crippen molar-refractivity contribution in [3.8, 4) is 0 Å². The van der Waals surface area contributed by atoms with Crippen molar-refractivity contribution >= 4 is 6.09 Å². The van der Waals surface area contributed by atoms with E-state index in [1.54, 1.807) is 4.90 Å². The molecule has 122 valence electrons. The lowest BCUT2D eigenvalue weighted by atomic mass is 10.0.